The molecule has 4 bridgehead atoms. The summed E-state index contributed by atoms with van der Waals surface area (Å²) in [7, 11) is 1.60. The summed E-state index contributed by atoms with van der Waals surface area (Å²) >= 11 is 0. The molecule has 176 valence electrons. The van der Waals surface area contributed by atoms with Crippen molar-refractivity contribution in [2.24, 2.45) is 23.2 Å². The molecule has 4 aliphatic carbocycles. The fraction of sp³-hybridized carbons (Fsp3) is 0.708. The van der Waals surface area contributed by atoms with E-state index in [1.165, 1.54) is 10.9 Å². The molecular formula is C24H36N4O4. The zero-order chi connectivity index (χ0) is 23.3. The first-order valence-corrected chi connectivity index (χ1v) is 11.7. The third-order valence-electron chi connectivity index (χ3n) is 7.32. The smallest absolute Gasteiger partial charge is 0.258 e. The maximum atomic E-state index is 13.3. The minimum atomic E-state index is -0.737. The van der Waals surface area contributed by atoms with Crippen molar-refractivity contribution in [2.75, 3.05) is 7.05 Å². The Bertz CT molecular complexity index is 903. The topological polar surface area (TPSA) is 105 Å². The van der Waals surface area contributed by atoms with E-state index in [0.717, 1.165) is 32.1 Å². The summed E-state index contributed by atoms with van der Waals surface area (Å²) in [4.78, 5) is 25.4. The van der Waals surface area contributed by atoms with Gasteiger partial charge in [-0.3, -0.25) is 9.59 Å². The van der Waals surface area contributed by atoms with Gasteiger partial charge in [0.15, 0.2) is 0 Å². The van der Waals surface area contributed by atoms with Crippen molar-refractivity contribution < 1.29 is 19.4 Å². The van der Waals surface area contributed by atoms with Crippen LogP contribution in [-0.2, 0) is 4.79 Å². The average Bonchev–Trinajstić information content (AvgIpc) is 3.09. The lowest BCUT2D eigenvalue weighted by Crippen LogP contribution is -2.61. The number of nitrogens with zero attached hydrogens (tertiary/aromatic N) is 2. The molecule has 0 saturated heterocycles. The van der Waals surface area contributed by atoms with Crippen LogP contribution < -0.4 is 15.4 Å². The predicted molar refractivity (Wildman–Crippen MR) is 121 cm³/mol. The standard InChI is InChI=1S/C24H36N4O4/c1-14(2)32-21-18(13-26-28(21)7-6-23(3,4)22(30)25-5)20(29)27-19-16-8-15-9-17(19)12-24(31,10-15)11-16/h6-7,13-17,19,31H,8-12H2,1-5H3,(H,25,30)(H,27,29)/b7-6+. The lowest BCUT2D eigenvalue weighted by Gasteiger charge is -2.58. The Kier molecular flexibility index (Phi) is 5.86. The van der Waals surface area contributed by atoms with Crippen LogP contribution in [0.2, 0.25) is 0 Å². The molecule has 2 unspecified atom stereocenters. The molecule has 2 amide bonds. The number of hydrogen-bond acceptors (Lipinski definition) is 5. The van der Waals surface area contributed by atoms with Gasteiger partial charge in [-0.05, 0) is 77.6 Å². The zero-order valence-electron chi connectivity index (χ0n) is 19.7. The maximum absolute atomic E-state index is 13.3. The van der Waals surface area contributed by atoms with E-state index >= 15 is 0 Å². The van der Waals surface area contributed by atoms with Crippen LogP contribution in [0.1, 0.15) is 70.2 Å². The van der Waals surface area contributed by atoms with E-state index in [0.29, 0.717) is 29.2 Å². The van der Waals surface area contributed by atoms with E-state index < -0.39 is 11.0 Å². The second-order valence-electron chi connectivity index (χ2n) is 10.8. The quantitative estimate of drug-likeness (QED) is 0.599. The lowest BCUT2D eigenvalue weighted by molar-refractivity contribution is -0.137. The first kappa shape index (κ1) is 22.8. The van der Waals surface area contributed by atoms with Gasteiger partial charge in [-0.2, -0.15) is 5.10 Å². The van der Waals surface area contributed by atoms with Crippen molar-refractivity contribution in [3.05, 3.63) is 17.8 Å². The molecule has 4 aliphatic rings. The van der Waals surface area contributed by atoms with Crippen LogP contribution in [-0.4, -0.2) is 51.5 Å². The number of amides is 2. The average molecular weight is 445 g/mol. The van der Waals surface area contributed by atoms with E-state index in [1.54, 1.807) is 19.3 Å². The number of rotatable bonds is 7. The third-order valence-corrected chi connectivity index (χ3v) is 7.32. The molecular weight excluding hydrogens is 408 g/mol. The van der Waals surface area contributed by atoms with E-state index in [4.69, 9.17) is 4.74 Å². The second kappa shape index (κ2) is 8.21. The first-order chi connectivity index (χ1) is 15.0. The molecule has 1 aromatic rings. The molecule has 32 heavy (non-hydrogen) atoms. The van der Waals surface area contributed by atoms with Crippen molar-refractivity contribution in [1.82, 2.24) is 20.4 Å². The number of hydrogen-bond donors (Lipinski definition) is 3. The van der Waals surface area contributed by atoms with Crippen LogP contribution in [0.5, 0.6) is 5.88 Å². The molecule has 2 atom stereocenters. The highest BCUT2D eigenvalue weighted by Crippen LogP contribution is 2.55. The molecule has 3 N–H and O–H groups in total. The first-order valence-electron chi connectivity index (χ1n) is 11.7. The summed E-state index contributed by atoms with van der Waals surface area (Å²) in [6.45, 7) is 7.41. The minimum Gasteiger partial charge on any atom is -0.474 e. The fourth-order valence-corrected chi connectivity index (χ4v) is 6.05. The van der Waals surface area contributed by atoms with Crippen molar-refractivity contribution in [3.8, 4) is 5.88 Å². The molecule has 0 spiro atoms. The van der Waals surface area contributed by atoms with Crippen LogP contribution in [0.25, 0.3) is 6.20 Å². The number of aromatic nitrogens is 2. The molecule has 4 saturated carbocycles. The fourth-order valence-electron chi connectivity index (χ4n) is 6.05. The van der Waals surface area contributed by atoms with Crippen LogP contribution in [0.3, 0.4) is 0 Å². The molecule has 0 aliphatic heterocycles. The molecule has 0 aromatic carbocycles. The number of carbonyl (C=O) groups excluding carboxylic acids is 2. The lowest BCUT2D eigenvalue weighted by atomic mass is 9.52. The van der Waals surface area contributed by atoms with Crippen molar-refractivity contribution >= 4 is 18.0 Å². The maximum Gasteiger partial charge on any atom is 0.258 e. The Morgan fingerprint density at radius 2 is 1.94 bits per heavy atom. The van der Waals surface area contributed by atoms with E-state index in [-0.39, 0.29) is 24.0 Å². The molecule has 5 rings (SSSR count). The Morgan fingerprint density at radius 1 is 1.28 bits per heavy atom. The van der Waals surface area contributed by atoms with E-state index in [1.807, 2.05) is 27.7 Å². The van der Waals surface area contributed by atoms with Crippen molar-refractivity contribution in [1.29, 1.82) is 0 Å². The number of ether oxygens (including phenoxy) is 1. The Morgan fingerprint density at radius 3 is 2.50 bits per heavy atom. The monoisotopic (exact) mass is 444 g/mol. The van der Waals surface area contributed by atoms with E-state index in [2.05, 4.69) is 15.7 Å². The van der Waals surface area contributed by atoms with Gasteiger partial charge in [-0.15, -0.1) is 0 Å². The largest absolute Gasteiger partial charge is 0.474 e. The van der Waals surface area contributed by atoms with Gasteiger partial charge in [0.05, 0.1) is 23.3 Å². The normalized spacial score (nSPS) is 31.3. The van der Waals surface area contributed by atoms with Gasteiger partial charge in [0.2, 0.25) is 11.8 Å². The van der Waals surface area contributed by atoms with Gasteiger partial charge in [0.25, 0.3) is 5.91 Å². The second-order valence-corrected chi connectivity index (χ2v) is 10.8. The highest BCUT2D eigenvalue weighted by molar-refractivity contribution is 5.96. The van der Waals surface area contributed by atoms with Gasteiger partial charge in [0.1, 0.15) is 5.56 Å². The molecule has 4 fully saturated rings. The van der Waals surface area contributed by atoms with Crippen LogP contribution in [0.4, 0.5) is 0 Å². The summed E-state index contributed by atoms with van der Waals surface area (Å²) in [5.41, 5.74) is -0.885. The summed E-state index contributed by atoms with van der Waals surface area (Å²) < 4.78 is 7.47. The van der Waals surface area contributed by atoms with Crippen LogP contribution in [0.15, 0.2) is 12.3 Å². The van der Waals surface area contributed by atoms with Gasteiger partial charge >= 0.3 is 0 Å². The van der Waals surface area contributed by atoms with Crippen molar-refractivity contribution in [2.45, 2.75) is 77.5 Å². The van der Waals surface area contributed by atoms with Crippen LogP contribution >= 0.6 is 0 Å². The summed E-state index contributed by atoms with van der Waals surface area (Å²) in [5, 5.41) is 21.1. The van der Waals surface area contributed by atoms with Gasteiger partial charge in [-0.25, -0.2) is 4.68 Å². The Hall–Kier alpha value is -2.35. The predicted octanol–water partition coefficient (Wildman–Crippen LogP) is 2.58. The molecule has 8 nitrogen and oxygen atoms in total. The number of carbonyl (C=O) groups is 2. The highest BCUT2D eigenvalue weighted by Gasteiger charge is 2.55. The molecule has 8 heteroatoms. The zero-order valence-corrected chi connectivity index (χ0v) is 19.7. The molecule has 0 radical (unpaired) electrons. The third kappa shape index (κ3) is 4.29. The number of aliphatic hydroxyl groups is 1. The van der Waals surface area contributed by atoms with Gasteiger partial charge in [-0.1, -0.05) is 6.08 Å². The minimum absolute atomic E-state index is 0.0808. The summed E-state index contributed by atoms with van der Waals surface area (Å²) in [5.74, 6) is 1.29. The Labute approximate surface area is 189 Å². The summed E-state index contributed by atoms with van der Waals surface area (Å²) in [6.07, 6.45) is 9.41. The highest BCUT2D eigenvalue weighted by atomic mass is 16.5. The van der Waals surface area contributed by atoms with Gasteiger partial charge < -0.3 is 20.5 Å². The van der Waals surface area contributed by atoms with Crippen LogP contribution in [0, 0.1) is 23.2 Å². The SMILES string of the molecule is CNC(=O)C(C)(C)/C=C/n1ncc(C(=O)NC2C3CC4CC2CC(O)(C4)C3)c1OC(C)C. The summed E-state index contributed by atoms with van der Waals surface area (Å²) in [6, 6.07) is 0.0808. The van der Waals surface area contributed by atoms with Gasteiger partial charge in [0, 0.05) is 19.3 Å². The van der Waals surface area contributed by atoms with Crippen molar-refractivity contribution in [3.63, 3.8) is 0 Å². The Balaban J connectivity index is 1.54. The number of nitrogens with one attached hydrogen (secondary N) is 2. The molecule has 1 heterocycles. The molecule has 1 aromatic heterocycles. The van der Waals surface area contributed by atoms with E-state index in [9.17, 15) is 14.7 Å².